The molecule has 0 fully saturated rings. The average Bonchev–Trinajstić information content (AvgIpc) is 2.40. The van der Waals surface area contributed by atoms with Crippen molar-refractivity contribution in [1.82, 2.24) is 9.97 Å². The van der Waals surface area contributed by atoms with Crippen LogP contribution in [-0.2, 0) is 0 Å². The van der Waals surface area contributed by atoms with Crippen molar-refractivity contribution in [2.45, 2.75) is 19.1 Å². The van der Waals surface area contributed by atoms with E-state index in [-0.39, 0.29) is 11.9 Å². The monoisotopic (exact) mass is 247 g/mol. The van der Waals surface area contributed by atoms with Crippen molar-refractivity contribution in [2.24, 2.45) is 0 Å². The lowest BCUT2D eigenvalue weighted by Crippen LogP contribution is -2.24. The van der Waals surface area contributed by atoms with E-state index in [2.05, 4.69) is 15.3 Å². The molecule has 2 rings (SSSR count). The first kappa shape index (κ1) is 12.4. The Labute approximate surface area is 105 Å². The minimum atomic E-state index is -0.743. The molecule has 0 aliphatic carbocycles. The molecule has 0 bridgehead atoms. The maximum absolute atomic E-state index is 12.8. The maximum atomic E-state index is 12.8. The third-order valence-electron chi connectivity index (χ3n) is 2.62. The van der Waals surface area contributed by atoms with Crippen molar-refractivity contribution in [3.63, 3.8) is 0 Å². The number of aliphatic hydroxyl groups is 1. The van der Waals surface area contributed by atoms with Crippen molar-refractivity contribution in [3.05, 3.63) is 54.2 Å². The first-order valence-corrected chi connectivity index (χ1v) is 5.63. The fourth-order valence-corrected chi connectivity index (χ4v) is 1.63. The molecule has 0 spiro atoms. The van der Waals surface area contributed by atoms with E-state index in [0.717, 1.165) is 0 Å². The molecule has 18 heavy (non-hydrogen) atoms. The van der Waals surface area contributed by atoms with Crippen LogP contribution in [0.5, 0.6) is 0 Å². The largest absolute Gasteiger partial charge is 0.386 e. The topological polar surface area (TPSA) is 58.0 Å². The lowest BCUT2D eigenvalue weighted by atomic mass is 10.0. The van der Waals surface area contributed by atoms with Crippen LogP contribution < -0.4 is 5.32 Å². The number of aliphatic hydroxyl groups excluding tert-OH is 1. The second kappa shape index (κ2) is 5.55. The molecule has 0 radical (unpaired) electrons. The number of halogens is 1. The second-order valence-electron chi connectivity index (χ2n) is 4.02. The van der Waals surface area contributed by atoms with Gasteiger partial charge in [0.2, 0.25) is 0 Å². The van der Waals surface area contributed by atoms with Gasteiger partial charge in [-0.1, -0.05) is 12.1 Å². The molecule has 0 aliphatic heterocycles. The summed E-state index contributed by atoms with van der Waals surface area (Å²) in [6, 6.07) is 5.53. The van der Waals surface area contributed by atoms with Crippen LogP contribution in [0.15, 0.2) is 42.9 Å². The molecule has 1 aromatic heterocycles. The quantitative estimate of drug-likeness (QED) is 0.869. The van der Waals surface area contributed by atoms with Gasteiger partial charge in [-0.3, -0.25) is 4.98 Å². The fourth-order valence-electron chi connectivity index (χ4n) is 1.63. The Hall–Kier alpha value is -2.01. The van der Waals surface area contributed by atoms with Crippen LogP contribution in [0.2, 0.25) is 0 Å². The number of hydrogen-bond acceptors (Lipinski definition) is 4. The number of benzene rings is 1. The molecular weight excluding hydrogens is 233 g/mol. The molecule has 0 aliphatic rings. The predicted molar refractivity (Wildman–Crippen MR) is 66.5 cm³/mol. The van der Waals surface area contributed by atoms with Gasteiger partial charge >= 0.3 is 0 Å². The first-order valence-electron chi connectivity index (χ1n) is 5.63. The van der Waals surface area contributed by atoms with Crippen LogP contribution in [0.25, 0.3) is 0 Å². The van der Waals surface area contributed by atoms with Crippen LogP contribution in [0.1, 0.15) is 18.6 Å². The Morgan fingerprint density at radius 1 is 1.22 bits per heavy atom. The van der Waals surface area contributed by atoms with E-state index in [4.69, 9.17) is 0 Å². The Bertz CT molecular complexity index is 489. The predicted octanol–water partition coefficient (Wildman–Crippen LogP) is 2.15. The van der Waals surface area contributed by atoms with Crippen molar-refractivity contribution in [2.75, 3.05) is 5.32 Å². The molecule has 0 amide bonds. The van der Waals surface area contributed by atoms with E-state index in [1.54, 1.807) is 30.7 Å². The molecule has 2 atom stereocenters. The molecule has 1 aromatic carbocycles. The van der Waals surface area contributed by atoms with Gasteiger partial charge in [-0.2, -0.15) is 0 Å². The molecular formula is C13H14FN3O. The van der Waals surface area contributed by atoms with E-state index in [1.165, 1.54) is 12.1 Å². The molecule has 4 nitrogen and oxygen atoms in total. The van der Waals surface area contributed by atoms with Crippen LogP contribution >= 0.6 is 0 Å². The summed E-state index contributed by atoms with van der Waals surface area (Å²) in [5.41, 5.74) is 0.653. The van der Waals surface area contributed by atoms with Gasteiger partial charge in [-0.05, 0) is 24.6 Å². The number of nitrogens with one attached hydrogen (secondary N) is 1. The van der Waals surface area contributed by atoms with Gasteiger partial charge in [0, 0.05) is 12.4 Å². The highest BCUT2D eigenvalue weighted by atomic mass is 19.1. The van der Waals surface area contributed by atoms with Crippen molar-refractivity contribution >= 4 is 5.82 Å². The smallest absolute Gasteiger partial charge is 0.144 e. The molecule has 0 saturated heterocycles. The summed E-state index contributed by atoms with van der Waals surface area (Å²) in [6.07, 6.45) is 3.98. The highest BCUT2D eigenvalue weighted by Gasteiger charge is 2.16. The highest BCUT2D eigenvalue weighted by molar-refractivity contribution is 5.33. The van der Waals surface area contributed by atoms with Crippen molar-refractivity contribution in [3.8, 4) is 0 Å². The number of hydrogen-bond donors (Lipinski definition) is 2. The summed E-state index contributed by atoms with van der Waals surface area (Å²) in [5, 5.41) is 13.1. The van der Waals surface area contributed by atoms with E-state index < -0.39 is 6.10 Å². The average molecular weight is 247 g/mol. The van der Waals surface area contributed by atoms with Gasteiger partial charge in [0.1, 0.15) is 11.6 Å². The minimum Gasteiger partial charge on any atom is -0.386 e. The van der Waals surface area contributed by atoms with Gasteiger partial charge in [0.15, 0.2) is 0 Å². The lowest BCUT2D eigenvalue weighted by molar-refractivity contribution is 0.160. The van der Waals surface area contributed by atoms with Crippen molar-refractivity contribution < 1.29 is 9.50 Å². The van der Waals surface area contributed by atoms with Gasteiger partial charge in [-0.15, -0.1) is 0 Å². The molecule has 0 unspecified atom stereocenters. The van der Waals surface area contributed by atoms with Crippen LogP contribution in [-0.4, -0.2) is 21.1 Å². The summed E-state index contributed by atoms with van der Waals surface area (Å²) in [7, 11) is 0. The van der Waals surface area contributed by atoms with E-state index in [1.807, 2.05) is 6.92 Å². The van der Waals surface area contributed by atoms with Crippen LogP contribution in [0.3, 0.4) is 0 Å². The summed E-state index contributed by atoms with van der Waals surface area (Å²) in [5.74, 6) is 0.270. The Morgan fingerprint density at radius 3 is 2.56 bits per heavy atom. The van der Waals surface area contributed by atoms with E-state index in [9.17, 15) is 9.50 Å². The van der Waals surface area contributed by atoms with Gasteiger partial charge in [-0.25, -0.2) is 9.37 Å². The van der Waals surface area contributed by atoms with Crippen molar-refractivity contribution in [1.29, 1.82) is 0 Å². The summed E-state index contributed by atoms with van der Waals surface area (Å²) < 4.78 is 12.8. The lowest BCUT2D eigenvalue weighted by Gasteiger charge is -2.20. The first-order chi connectivity index (χ1) is 8.66. The molecule has 94 valence electrons. The number of nitrogens with zero attached hydrogens (tertiary/aromatic N) is 2. The summed E-state index contributed by atoms with van der Waals surface area (Å²) >= 11 is 0. The van der Waals surface area contributed by atoms with Gasteiger partial charge < -0.3 is 10.4 Å². The zero-order chi connectivity index (χ0) is 13.0. The third kappa shape index (κ3) is 3.01. The Balaban J connectivity index is 2.05. The zero-order valence-corrected chi connectivity index (χ0v) is 9.92. The SMILES string of the molecule is C[C@H](Nc1cnccn1)[C@H](O)c1ccc(F)cc1. The number of aromatic nitrogens is 2. The molecule has 2 aromatic rings. The van der Waals surface area contributed by atoms with E-state index in [0.29, 0.717) is 11.4 Å². The van der Waals surface area contributed by atoms with Gasteiger partial charge in [0.25, 0.3) is 0 Å². The Morgan fingerprint density at radius 2 is 1.94 bits per heavy atom. The number of anilines is 1. The Kier molecular flexibility index (Phi) is 3.84. The zero-order valence-electron chi connectivity index (χ0n) is 9.92. The van der Waals surface area contributed by atoms with Crippen LogP contribution in [0, 0.1) is 5.82 Å². The van der Waals surface area contributed by atoms with Gasteiger partial charge in [0.05, 0.1) is 18.3 Å². The standard InChI is InChI=1S/C13H14FN3O/c1-9(17-12-8-15-6-7-16-12)13(18)10-2-4-11(14)5-3-10/h2-9,13,18H,1H3,(H,16,17)/t9-,13-/m0/s1. The summed E-state index contributed by atoms with van der Waals surface area (Å²) in [4.78, 5) is 7.99. The van der Waals surface area contributed by atoms with Crippen LogP contribution in [0.4, 0.5) is 10.2 Å². The highest BCUT2D eigenvalue weighted by Crippen LogP contribution is 2.19. The fraction of sp³-hybridized carbons (Fsp3) is 0.231. The number of rotatable bonds is 4. The molecule has 2 N–H and O–H groups in total. The van der Waals surface area contributed by atoms with E-state index >= 15 is 0 Å². The second-order valence-corrected chi connectivity index (χ2v) is 4.02. The molecule has 1 heterocycles. The minimum absolute atomic E-state index is 0.257. The third-order valence-corrected chi connectivity index (χ3v) is 2.62. The molecule has 5 heteroatoms. The summed E-state index contributed by atoms with van der Waals surface area (Å²) in [6.45, 7) is 1.82. The maximum Gasteiger partial charge on any atom is 0.144 e. The normalized spacial score (nSPS) is 13.9. The molecule has 0 saturated carbocycles.